The minimum absolute atomic E-state index is 0.200. The average molecular weight is 419 g/mol. The monoisotopic (exact) mass is 418 g/mol. The summed E-state index contributed by atoms with van der Waals surface area (Å²) in [5.41, 5.74) is 1.48. The van der Waals surface area contributed by atoms with Gasteiger partial charge in [0.05, 0.1) is 11.4 Å². The smallest absolute Gasteiger partial charge is 0.271 e. The molecule has 27 heavy (non-hydrogen) atoms. The average Bonchev–Trinajstić information content (AvgIpc) is 3.18. The maximum Gasteiger partial charge on any atom is 0.271 e. The summed E-state index contributed by atoms with van der Waals surface area (Å²) in [4.78, 5) is 12.2. The Bertz CT molecular complexity index is 1060. The van der Waals surface area contributed by atoms with Gasteiger partial charge in [0.1, 0.15) is 4.21 Å². The van der Waals surface area contributed by atoms with Crippen LogP contribution in [-0.4, -0.2) is 14.3 Å². The molecule has 0 saturated carbocycles. The third kappa shape index (κ3) is 5.19. The summed E-state index contributed by atoms with van der Waals surface area (Å²) in [5.74, 6) is -0.382. The fraction of sp³-hybridized carbons (Fsp3) is 0. The fourth-order valence-corrected chi connectivity index (χ4v) is 4.41. The number of carbonyl (C=O) groups excluding carboxylic acids is 1. The van der Waals surface area contributed by atoms with Crippen LogP contribution in [0.2, 0.25) is 5.02 Å². The molecule has 1 heterocycles. The molecule has 0 radical (unpaired) electrons. The Kier molecular flexibility index (Phi) is 5.95. The van der Waals surface area contributed by atoms with Gasteiger partial charge in [0.2, 0.25) is 5.91 Å². The molecular formula is C19H15ClN2O3S2. The number of amides is 1. The number of benzene rings is 2. The van der Waals surface area contributed by atoms with Gasteiger partial charge in [-0.2, -0.15) is 0 Å². The zero-order valence-corrected chi connectivity index (χ0v) is 16.3. The van der Waals surface area contributed by atoms with Gasteiger partial charge in [-0.25, -0.2) is 8.42 Å². The van der Waals surface area contributed by atoms with Crippen LogP contribution < -0.4 is 10.0 Å². The predicted octanol–water partition coefficient (Wildman–Crippen LogP) is 4.85. The lowest BCUT2D eigenvalue weighted by molar-refractivity contribution is -0.111. The molecule has 8 heteroatoms. The van der Waals surface area contributed by atoms with Crippen LogP contribution in [0, 0.1) is 0 Å². The van der Waals surface area contributed by atoms with E-state index in [0.29, 0.717) is 16.4 Å². The maximum absolute atomic E-state index is 12.4. The first-order valence-electron chi connectivity index (χ1n) is 7.84. The molecule has 138 valence electrons. The minimum atomic E-state index is -3.70. The normalized spacial score (nSPS) is 11.4. The Morgan fingerprint density at radius 3 is 2.33 bits per heavy atom. The fourth-order valence-electron chi connectivity index (χ4n) is 2.21. The van der Waals surface area contributed by atoms with E-state index < -0.39 is 10.0 Å². The SMILES string of the molecule is O=C(C=Cc1ccc(Cl)cc1)Nc1ccccc1NS(=O)(=O)c1cccs1. The van der Waals surface area contributed by atoms with E-state index in [1.807, 2.05) is 0 Å². The molecule has 5 nitrogen and oxygen atoms in total. The molecule has 1 amide bonds. The molecule has 3 rings (SSSR count). The van der Waals surface area contributed by atoms with E-state index in [1.165, 1.54) is 12.1 Å². The molecule has 0 spiro atoms. The van der Waals surface area contributed by atoms with Crippen molar-refractivity contribution in [3.05, 3.63) is 82.7 Å². The van der Waals surface area contributed by atoms with E-state index in [9.17, 15) is 13.2 Å². The van der Waals surface area contributed by atoms with Crippen molar-refractivity contribution in [2.24, 2.45) is 0 Å². The first-order chi connectivity index (χ1) is 12.9. The maximum atomic E-state index is 12.4. The van der Waals surface area contributed by atoms with Gasteiger partial charge in [-0.05, 0) is 47.4 Å². The molecule has 0 bridgehead atoms. The molecule has 1 aromatic heterocycles. The lowest BCUT2D eigenvalue weighted by atomic mass is 10.2. The largest absolute Gasteiger partial charge is 0.321 e. The third-order valence-electron chi connectivity index (χ3n) is 3.49. The molecule has 0 fully saturated rings. The summed E-state index contributed by atoms with van der Waals surface area (Å²) in [6.07, 6.45) is 3.01. The number of halogens is 1. The molecule has 0 aliphatic carbocycles. The van der Waals surface area contributed by atoms with Gasteiger partial charge in [0.25, 0.3) is 10.0 Å². The van der Waals surface area contributed by atoms with Crippen molar-refractivity contribution in [1.29, 1.82) is 0 Å². The van der Waals surface area contributed by atoms with E-state index in [2.05, 4.69) is 10.0 Å². The van der Waals surface area contributed by atoms with E-state index in [1.54, 1.807) is 66.1 Å². The van der Waals surface area contributed by atoms with Crippen LogP contribution >= 0.6 is 22.9 Å². The van der Waals surface area contributed by atoms with Gasteiger partial charge in [-0.15, -0.1) is 11.3 Å². The van der Waals surface area contributed by atoms with Gasteiger partial charge < -0.3 is 5.32 Å². The number of hydrogen-bond acceptors (Lipinski definition) is 4. The molecule has 0 unspecified atom stereocenters. The summed E-state index contributed by atoms with van der Waals surface area (Å²) < 4.78 is 27.5. The lowest BCUT2D eigenvalue weighted by Gasteiger charge is -2.12. The Morgan fingerprint density at radius 2 is 1.67 bits per heavy atom. The van der Waals surface area contributed by atoms with E-state index in [4.69, 9.17) is 11.6 Å². The number of thiophene rings is 1. The van der Waals surface area contributed by atoms with Gasteiger partial charge >= 0.3 is 0 Å². The Hall–Kier alpha value is -2.61. The van der Waals surface area contributed by atoms with Crippen LogP contribution in [0.5, 0.6) is 0 Å². The van der Waals surface area contributed by atoms with Crippen molar-refractivity contribution < 1.29 is 13.2 Å². The zero-order chi connectivity index (χ0) is 19.3. The number of rotatable bonds is 6. The number of nitrogens with one attached hydrogen (secondary N) is 2. The number of para-hydroxylation sites is 2. The zero-order valence-electron chi connectivity index (χ0n) is 13.9. The van der Waals surface area contributed by atoms with Crippen molar-refractivity contribution in [3.8, 4) is 0 Å². The molecule has 0 atom stereocenters. The molecule has 2 aromatic carbocycles. The number of carbonyl (C=O) groups is 1. The topological polar surface area (TPSA) is 75.3 Å². The number of anilines is 2. The van der Waals surface area contributed by atoms with E-state index in [0.717, 1.165) is 16.9 Å². The van der Waals surface area contributed by atoms with Crippen molar-refractivity contribution in [1.82, 2.24) is 0 Å². The predicted molar refractivity (Wildman–Crippen MR) is 111 cm³/mol. The van der Waals surface area contributed by atoms with Crippen LogP contribution in [0.15, 0.2) is 76.3 Å². The molecular weight excluding hydrogens is 404 g/mol. The first-order valence-corrected chi connectivity index (χ1v) is 10.6. The Labute approximate surface area is 166 Å². The van der Waals surface area contributed by atoms with Crippen LogP contribution in [0.25, 0.3) is 6.08 Å². The Morgan fingerprint density at radius 1 is 0.963 bits per heavy atom. The van der Waals surface area contributed by atoms with Crippen LogP contribution in [0.1, 0.15) is 5.56 Å². The summed E-state index contributed by atoms with van der Waals surface area (Å²) in [6.45, 7) is 0. The number of hydrogen-bond donors (Lipinski definition) is 2. The summed E-state index contributed by atoms with van der Waals surface area (Å²) >= 11 is 6.95. The highest BCUT2D eigenvalue weighted by Gasteiger charge is 2.17. The number of sulfonamides is 1. The highest BCUT2D eigenvalue weighted by atomic mass is 35.5. The molecule has 3 aromatic rings. The minimum Gasteiger partial charge on any atom is -0.321 e. The molecule has 0 aliphatic rings. The van der Waals surface area contributed by atoms with Crippen molar-refractivity contribution in [3.63, 3.8) is 0 Å². The quantitative estimate of drug-likeness (QED) is 0.561. The Balaban J connectivity index is 1.74. The van der Waals surface area contributed by atoms with E-state index >= 15 is 0 Å². The highest BCUT2D eigenvalue weighted by Crippen LogP contribution is 2.26. The van der Waals surface area contributed by atoms with Crippen molar-refractivity contribution >= 4 is 56.3 Å². The van der Waals surface area contributed by atoms with Gasteiger partial charge in [0, 0.05) is 11.1 Å². The standard InChI is InChI=1S/C19H15ClN2O3S2/c20-15-10-7-14(8-11-15)9-12-18(23)21-16-4-1-2-5-17(16)22-27(24,25)19-6-3-13-26-19/h1-13,22H,(H,21,23). The molecule has 0 aliphatic heterocycles. The second-order valence-corrected chi connectivity index (χ2v) is 8.75. The van der Waals surface area contributed by atoms with Gasteiger partial charge in [-0.3, -0.25) is 9.52 Å². The molecule has 0 saturated heterocycles. The summed E-state index contributed by atoms with van der Waals surface area (Å²) in [5, 5.41) is 4.98. The van der Waals surface area contributed by atoms with Crippen LogP contribution in [-0.2, 0) is 14.8 Å². The lowest BCUT2D eigenvalue weighted by Crippen LogP contribution is -2.15. The van der Waals surface area contributed by atoms with Gasteiger partial charge in [-0.1, -0.05) is 41.9 Å². The third-order valence-corrected chi connectivity index (χ3v) is 6.50. The summed E-state index contributed by atoms with van der Waals surface area (Å²) in [6, 6.07) is 16.8. The highest BCUT2D eigenvalue weighted by molar-refractivity contribution is 7.94. The van der Waals surface area contributed by atoms with E-state index in [-0.39, 0.29) is 10.1 Å². The van der Waals surface area contributed by atoms with Crippen molar-refractivity contribution in [2.45, 2.75) is 4.21 Å². The van der Waals surface area contributed by atoms with Crippen LogP contribution in [0.3, 0.4) is 0 Å². The van der Waals surface area contributed by atoms with Crippen LogP contribution in [0.4, 0.5) is 11.4 Å². The van der Waals surface area contributed by atoms with Crippen molar-refractivity contribution in [2.75, 3.05) is 10.0 Å². The second kappa shape index (κ2) is 8.39. The summed E-state index contributed by atoms with van der Waals surface area (Å²) in [7, 11) is -3.70. The van der Waals surface area contributed by atoms with Gasteiger partial charge in [0.15, 0.2) is 0 Å². The molecule has 2 N–H and O–H groups in total. The first kappa shape index (κ1) is 19.2. The second-order valence-electron chi connectivity index (χ2n) is 5.46.